The Hall–Kier alpha value is -2.93. The summed E-state index contributed by atoms with van der Waals surface area (Å²) in [5.74, 6) is 0.567. The highest BCUT2D eigenvalue weighted by Crippen LogP contribution is 2.43. The van der Waals surface area contributed by atoms with Crippen molar-refractivity contribution in [1.82, 2.24) is 10.2 Å². The summed E-state index contributed by atoms with van der Waals surface area (Å²) in [7, 11) is 4.65. The van der Waals surface area contributed by atoms with Crippen LogP contribution in [0, 0.1) is 5.92 Å². The Morgan fingerprint density at radius 1 is 1.06 bits per heavy atom. The molecule has 1 saturated heterocycles. The first-order chi connectivity index (χ1) is 15.9. The first kappa shape index (κ1) is 24.7. The molecule has 0 aliphatic carbocycles. The van der Waals surface area contributed by atoms with E-state index in [1.165, 1.54) is 0 Å². The van der Waals surface area contributed by atoms with E-state index in [1.807, 2.05) is 12.1 Å². The van der Waals surface area contributed by atoms with Gasteiger partial charge in [-0.2, -0.15) is 0 Å². The molecule has 33 heavy (non-hydrogen) atoms. The molecule has 2 aromatic rings. The molecule has 2 amide bonds. The van der Waals surface area contributed by atoms with Gasteiger partial charge in [0.05, 0.1) is 37.8 Å². The molecule has 0 bridgehead atoms. The van der Waals surface area contributed by atoms with Crippen molar-refractivity contribution < 1.29 is 23.8 Å². The molecule has 2 aromatic carbocycles. The van der Waals surface area contributed by atoms with Crippen LogP contribution in [0.3, 0.4) is 0 Å². The molecule has 8 heteroatoms. The van der Waals surface area contributed by atoms with E-state index in [4.69, 9.17) is 25.8 Å². The van der Waals surface area contributed by atoms with E-state index < -0.39 is 5.92 Å². The van der Waals surface area contributed by atoms with Crippen molar-refractivity contribution in [2.45, 2.75) is 25.7 Å². The van der Waals surface area contributed by atoms with Crippen LogP contribution < -0.4 is 19.5 Å². The van der Waals surface area contributed by atoms with Gasteiger partial charge in [-0.1, -0.05) is 37.1 Å². The van der Waals surface area contributed by atoms with Gasteiger partial charge in [0, 0.05) is 25.6 Å². The molecule has 2 atom stereocenters. The molecular weight excluding hydrogens is 444 g/mol. The monoisotopic (exact) mass is 474 g/mol. The van der Waals surface area contributed by atoms with Crippen LogP contribution in [-0.2, 0) is 4.79 Å². The summed E-state index contributed by atoms with van der Waals surface area (Å²) < 4.78 is 16.5. The van der Waals surface area contributed by atoms with Gasteiger partial charge in [0.1, 0.15) is 0 Å². The number of ether oxygens (including phenoxy) is 3. The van der Waals surface area contributed by atoms with E-state index in [-0.39, 0.29) is 17.7 Å². The molecule has 178 valence electrons. The molecule has 0 aromatic heterocycles. The number of rotatable bonds is 9. The number of likely N-dealkylation sites (tertiary alicyclic amines) is 1. The molecule has 1 N–H and O–H groups in total. The first-order valence-corrected chi connectivity index (χ1v) is 11.4. The Morgan fingerprint density at radius 3 is 2.30 bits per heavy atom. The van der Waals surface area contributed by atoms with E-state index >= 15 is 0 Å². The number of hydrogen-bond donors (Lipinski definition) is 1. The van der Waals surface area contributed by atoms with Gasteiger partial charge in [0.2, 0.25) is 11.7 Å². The van der Waals surface area contributed by atoms with E-state index in [0.29, 0.717) is 47.5 Å². The third kappa shape index (κ3) is 5.36. The summed E-state index contributed by atoms with van der Waals surface area (Å²) in [5.41, 5.74) is 1.27. The lowest BCUT2D eigenvalue weighted by atomic mass is 9.88. The minimum absolute atomic E-state index is 0.0725. The minimum Gasteiger partial charge on any atom is -0.493 e. The molecular formula is C25H31ClN2O5. The Bertz CT molecular complexity index is 972. The summed E-state index contributed by atoms with van der Waals surface area (Å²) in [6.45, 7) is 3.34. The average molecular weight is 475 g/mol. The molecule has 0 spiro atoms. The molecule has 1 aliphatic heterocycles. The SMILES string of the molecule is CCCCNC(=O)[C@H]1CN(C(=O)c2ccccc2Cl)C[C@@H]1c1cc(OC)c(OC)c(OC)c1. The zero-order chi connectivity index (χ0) is 24.0. The van der Waals surface area contributed by atoms with Crippen molar-refractivity contribution in [3.05, 3.63) is 52.5 Å². The smallest absolute Gasteiger partial charge is 0.255 e. The van der Waals surface area contributed by atoms with Crippen LogP contribution in [0.2, 0.25) is 5.02 Å². The highest BCUT2D eigenvalue weighted by atomic mass is 35.5. The van der Waals surface area contributed by atoms with Crippen LogP contribution in [0.25, 0.3) is 0 Å². The summed E-state index contributed by atoms with van der Waals surface area (Å²) in [6, 6.07) is 10.7. The number of hydrogen-bond acceptors (Lipinski definition) is 5. The molecule has 0 saturated carbocycles. The summed E-state index contributed by atoms with van der Waals surface area (Å²) in [5, 5.41) is 3.42. The number of halogens is 1. The van der Waals surface area contributed by atoms with Gasteiger partial charge in [0.15, 0.2) is 11.5 Å². The second kappa shape index (κ2) is 11.3. The third-order valence-corrected chi connectivity index (χ3v) is 6.32. The maximum absolute atomic E-state index is 13.3. The third-order valence-electron chi connectivity index (χ3n) is 5.99. The molecule has 1 fully saturated rings. The Labute approximate surface area is 200 Å². The second-order valence-electron chi connectivity index (χ2n) is 8.01. The topological polar surface area (TPSA) is 77.1 Å². The Morgan fingerprint density at radius 2 is 1.73 bits per heavy atom. The maximum Gasteiger partial charge on any atom is 0.255 e. The average Bonchev–Trinajstić information content (AvgIpc) is 3.28. The van der Waals surface area contributed by atoms with Crippen LogP contribution in [-0.4, -0.2) is 57.7 Å². The normalized spacial score (nSPS) is 17.5. The summed E-state index contributed by atoms with van der Waals surface area (Å²) in [6.07, 6.45) is 1.88. The van der Waals surface area contributed by atoms with Gasteiger partial charge >= 0.3 is 0 Å². The standard InChI is InChI=1S/C25H31ClN2O5/c1-5-6-11-27-24(29)19-15-28(25(30)17-9-7-8-10-20(17)26)14-18(19)16-12-21(31-2)23(33-4)22(13-16)32-3/h7-10,12-13,18-19H,5-6,11,14-15H2,1-4H3,(H,27,29)/t18-,19+/m1/s1. The molecule has 3 rings (SSSR count). The summed E-state index contributed by atoms with van der Waals surface area (Å²) in [4.78, 5) is 28.1. The predicted molar refractivity (Wildman–Crippen MR) is 128 cm³/mol. The van der Waals surface area contributed by atoms with Crippen LogP contribution in [0.1, 0.15) is 41.6 Å². The number of amides is 2. The zero-order valence-corrected chi connectivity index (χ0v) is 20.3. The molecule has 0 unspecified atom stereocenters. The number of nitrogens with zero attached hydrogens (tertiary/aromatic N) is 1. The minimum atomic E-state index is -0.420. The van der Waals surface area contributed by atoms with Crippen LogP contribution in [0.5, 0.6) is 17.2 Å². The second-order valence-corrected chi connectivity index (χ2v) is 8.41. The highest BCUT2D eigenvalue weighted by Gasteiger charge is 2.41. The van der Waals surface area contributed by atoms with E-state index in [2.05, 4.69) is 12.2 Å². The number of methoxy groups -OCH3 is 3. The Balaban J connectivity index is 1.97. The number of carbonyl (C=O) groups excluding carboxylic acids is 2. The van der Waals surface area contributed by atoms with Gasteiger partial charge in [0.25, 0.3) is 5.91 Å². The lowest BCUT2D eigenvalue weighted by Crippen LogP contribution is -2.36. The molecule has 0 radical (unpaired) electrons. The van der Waals surface area contributed by atoms with Gasteiger partial charge in [-0.15, -0.1) is 0 Å². The van der Waals surface area contributed by atoms with Gasteiger partial charge in [-0.05, 0) is 36.2 Å². The lowest BCUT2D eigenvalue weighted by molar-refractivity contribution is -0.124. The number of unbranched alkanes of at least 4 members (excludes halogenated alkanes) is 1. The fourth-order valence-electron chi connectivity index (χ4n) is 4.21. The van der Waals surface area contributed by atoms with E-state index in [0.717, 1.165) is 18.4 Å². The lowest BCUT2D eigenvalue weighted by Gasteiger charge is -2.21. The zero-order valence-electron chi connectivity index (χ0n) is 19.5. The van der Waals surface area contributed by atoms with Crippen molar-refractivity contribution >= 4 is 23.4 Å². The van der Waals surface area contributed by atoms with Gasteiger partial charge in [-0.25, -0.2) is 0 Å². The highest BCUT2D eigenvalue weighted by molar-refractivity contribution is 6.33. The van der Waals surface area contributed by atoms with Crippen LogP contribution >= 0.6 is 11.6 Å². The molecule has 1 aliphatic rings. The number of carbonyl (C=O) groups is 2. The van der Waals surface area contributed by atoms with Gasteiger partial charge < -0.3 is 24.4 Å². The maximum atomic E-state index is 13.3. The van der Waals surface area contributed by atoms with Crippen molar-refractivity contribution in [3.8, 4) is 17.2 Å². The van der Waals surface area contributed by atoms with Crippen molar-refractivity contribution in [2.75, 3.05) is 41.0 Å². The first-order valence-electron chi connectivity index (χ1n) is 11.1. The fourth-order valence-corrected chi connectivity index (χ4v) is 4.43. The van der Waals surface area contributed by atoms with Crippen molar-refractivity contribution in [3.63, 3.8) is 0 Å². The van der Waals surface area contributed by atoms with E-state index in [1.54, 1.807) is 50.5 Å². The summed E-state index contributed by atoms with van der Waals surface area (Å²) >= 11 is 6.27. The van der Waals surface area contributed by atoms with Crippen molar-refractivity contribution in [2.24, 2.45) is 5.92 Å². The largest absolute Gasteiger partial charge is 0.493 e. The number of nitrogens with one attached hydrogen (secondary N) is 1. The van der Waals surface area contributed by atoms with Crippen molar-refractivity contribution in [1.29, 1.82) is 0 Å². The number of benzene rings is 2. The molecule has 7 nitrogen and oxygen atoms in total. The van der Waals surface area contributed by atoms with Crippen LogP contribution in [0.4, 0.5) is 0 Å². The predicted octanol–water partition coefficient (Wildman–Crippen LogP) is 4.14. The quantitative estimate of drug-likeness (QED) is 0.553. The van der Waals surface area contributed by atoms with Crippen LogP contribution in [0.15, 0.2) is 36.4 Å². The van der Waals surface area contributed by atoms with Gasteiger partial charge in [-0.3, -0.25) is 9.59 Å². The Kier molecular flexibility index (Phi) is 8.44. The fraction of sp³-hybridized carbons (Fsp3) is 0.440. The van der Waals surface area contributed by atoms with E-state index in [9.17, 15) is 9.59 Å². The molecule has 1 heterocycles.